The first-order chi connectivity index (χ1) is 14.1. The fourth-order valence-corrected chi connectivity index (χ4v) is 2.96. The van der Waals surface area contributed by atoms with E-state index < -0.39 is 24.0 Å². The van der Waals surface area contributed by atoms with Crippen molar-refractivity contribution < 1.29 is 33.8 Å². The smallest absolute Gasteiger partial charge is 0.306 e. The molecule has 0 aromatic carbocycles. The zero-order chi connectivity index (χ0) is 22.8. The van der Waals surface area contributed by atoms with E-state index in [0.717, 1.165) is 44.9 Å². The molecule has 7 nitrogen and oxygen atoms in total. The molecule has 0 aromatic rings. The molecule has 1 atom stereocenters. The van der Waals surface area contributed by atoms with Crippen molar-refractivity contribution >= 4 is 17.9 Å². The number of nitrogens with zero attached hydrogens (tertiary/aromatic N) is 1. The molecule has 0 saturated carbocycles. The second kappa shape index (κ2) is 16.6. The van der Waals surface area contributed by atoms with E-state index in [4.69, 9.17) is 9.84 Å². The number of likely N-dealkylation sites (N-methyl/N-ethyl adjacent to an activating group) is 1. The minimum absolute atomic E-state index is 0.225. The number of rotatable bonds is 18. The number of carbonyl (C=O) groups excluding carboxylic acids is 2. The lowest BCUT2D eigenvalue weighted by molar-refractivity contribution is -0.873. The normalized spacial score (nSPS) is 13.0. The highest BCUT2D eigenvalue weighted by molar-refractivity contribution is 5.71. The maximum atomic E-state index is 11.9. The number of aliphatic carboxylic acids is 2. The van der Waals surface area contributed by atoms with Gasteiger partial charge in [0.05, 0.1) is 21.1 Å². The standard InChI is InChI=1S/C23H39NO6/c1-24(2,3)19-20(18-22(27)28)30-23(29)17-15-13-11-9-7-5-4-6-8-10-12-14-16-21(25)26/h5,7,11,13,20H,4,6,8-10,12,14-19H2,1-3H3,(H-,25,26,27,28)/b7-5+,13-11+. The largest absolute Gasteiger partial charge is 0.550 e. The third-order valence-corrected chi connectivity index (χ3v) is 4.33. The molecule has 0 aromatic heterocycles. The summed E-state index contributed by atoms with van der Waals surface area (Å²) < 4.78 is 5.81. The molecule has 0 aliphatic carbocycles. The van der Waals surface area contributed by atoms with Crippen molar-refractivity contribution in [2.45, 2.75) is 76.7 Å². The summed E-state index contributed by atoms with van der Waals surface area (Å²) in [5, 5.41) is 19.4. The van der Waals surface area contributed by atoms with Crippen molar-refractivity contribution in [3.05, 3.63) is 24.3 Å². The number of esters is 1. The van der Waals surface area contributed by atoms with Crippen LogP contribution in [0.1, 0.15) is 70.6 Å². The zero-order valence-electron chi connectivity index (χ0n) is 18.8. The van der Waals surface area contributed by atoms with Crippen LogP contribution in [0, 0.1) is 0 Å². The number of hydrogen-bond acceptors (Lipinski definition) is 5. The first kappa shape index (κ1) is 27.8. The van der Waals surface area contributed by atoms with E-state index in [9.17, 15) is 19.5 Å². The van der Waals surface area contributed by atoms with Gasteiger partial charge in [0.2, 0.25) is 0 Å². The maximum absolute atomic E-state index is 11.9. The number of allylic oxidation sites excluding steroid dienone is 4. The monoisotopic (exact) mass is 425 g/mol. The number of quaternary nitrogens is 1. The second-order valence-corrected chi connectivity index (χ2v) is 8.58. The average Bonchev–Trinajstić information content (AvgIpc) is 2.59. The Morgan fingerprint density at radius 2 is 1.50 bits per heavy atom. The molecule has 172 valence electrons. The van der Waals surface area contributed by atoms with E-state index in [-0.39, 0.29) is 19.3 Å². The van der Waals surface area contributed by atoms with Crippen LogP contribution in [-0.4, -0.2) is 61.3 Å². The van der Waals surface area contributed by atoms with Crippen LogP contribution < -0.4 is 5.11 Å². The Labute approximate surface area is 181 Å². The van der Waals surface area contributed by atoms with Crippen LogP contribution in [-0.2, 0) is 19.1 Å². The molecule has 0 fully saturated rings. The van der Waals surface area contributed by atoms with Crippen LogP contribution >= 0.6 is 0 Å². The molecule has 0 saturated heterocycles. The second-order valence-electron chi connectivity index (χ2n) is 8.58. The van der Waals surface area contributed by atoms with Crippen LogP contribution in [0.5, 0.6) is 0 Å². The molecule has 30 heavy (non-hydrogen) atoms. The van der Waals surface area contributed by atoms with E-state index in [1.807, 2.05) is 33.3 Å². The molecule has 0 heterocycles. The third kappa shape index (κ3) is 20.6. The molecule has 7 heteroatoms. The summed E-state index contributed by atoms with van der Waals surface area (Å²) in [5.74, 6) is -2.33. The molecule has 0 radical (unpaired) electrons. The van der Waals surface area contributed by atoms with Gasteiger partial charge in [-0.1, -0.05) is 43.6 Å². The lowest BCUT2D eigenvalue weighted by Gasteiger charge is -2.29. The van der Waals surface area contributed by atoms with Gasteiger partial charge in [0.15, 0.2) is 6.10 Å². The first-order valence-electron chi connectivity index (χ1n) is 10.8. The summed E-state index contributed by atoms with van der Waals surface area (Å²) in [7, 11) is 5.73. The van der Waals surface area contributed by atoms with Crippen LogP contribution in [0.25, 0.3) is 0 Å². The topological polar surface area (TPSA) is 104 Å². The molecule has 0 aliphatic rings. The van der Waals surface area contributed by atoms with Gasteiger partial charge in [-0.25, -0.2) is 0 Å². The Bertz CT molecular complexity index is 563. The van der Waals surface area contributed by atoms with Crippen molar-refractivity contribution in [3.63, 3.8) is 0 Å². The molecule has 0 aliphatic heterocycles. The van der Waals surface area contributed by atoms with Crippen molar-refractivity contribution in [1.29, 1.82) is 0 Å². The lowest BCUT2D eigenvalue weighted by atomic mass is 10.1. The van der Waals surface area contributed by atoms with Gasteiger partial charge in [0.25, 0.3) is 0 Å². The Hall–Kier alpha value is -2.15. The number of carbonyl (C=O) groups is 3. The number of unbranched alkanes of at least 4 members (excludes halogenated alkanes) is 5. The van der Waals surface area contributed by atoms with Gasteiger partial charge in [0.1, 0.15) is 6.54 Å². The SMILES string of the molecule is C[N+](C)(C)CC(CC(=O)[O-])OC(=O)CC/C=C/C/C=C/CCCCCCCC(=O)O. The van der Waals surface area contributed by atoms with Gasteiger partial charge < -0.3 is 24.2 Å². The zero-order valence-corrected chi connectivity index (χ0v) is 18.8. The average molecular weight is 426 g/mol. The molecule has 0 bridgehead atoms. The van der Waals surface area contributed by atoms with Crippen LogP contribution in [0.4, 0.5) is 0 Å². The Morgan fingerprint density at radius 1 is 0.900 bits per heavy atom. The van der Waals surface area contributed by atoms with Gasteiger partial charge in [-0.15, -0.1) is 0 Å². The van der Waals surface area contributed by atoms with Crippen molar-refractivity contribution in [3.8, 4) is 0 Å². The van der Waals surface area contributed by atoms with Gasteiger partial charge in [0, 0.05) is 25.2 Å². The van der Waals surface area contributed by atoms with E-state index in [1.165, 1.54) is 0 Å². The molecular formula is C23H39NO6. The molecule has 0 spiro atoms. The summed E-state index contributed by atoms with van der Waals surface area (Å²) in [4.78, 5) is 33.2. The predicted octanol–water partition coefficient (Wildman–Crippen LogP) is 2.84. The van der Waals surface area contributed by atoms with Gasteiger partial charge in [-0.3, -0.25) is 9.59 Å². The Morgan fingerprint density at radius 3 is 2.10 bits per heavy atom. The summed E-state index contributed by atoms with van der Waals surface area (Å²) in [6.07, 6.45) is 15.1. The van der Waals surface area contributed by atoms with Gasteiger partial charge >= 0.3 is 11.9 Å². The van der Waals surface area contributed by atoms with E-state index >= 15 is 0 Å². The van der Waals surface area contributed by atoms with Gasteiger partial charge in [-0.2, -0.15) is 0 Å². The molecule has 0 amide bonds. The van der Waals surface area contributed by atoms with Crippen molar-refractivity contribution in [2.24, 2.45) is 0 Å². The fraction of sp³-hybridized carbons (Fsp3) is 0.696. The molecular weight excluding hydrogens is 386 g/mol. The van der Waals surface area contributed by atoms with E-state index in [0.29, 0.717) is 17.4 Å². The highest BCUT2D eigenvalue weighted by Crippen LogP contribution is 2.09. The fourth-order valence-electron chi connectivity index (χ4n) is 2.96. The predicted molar refractivity (Wildman–Crippen MR) is 114 cm³/mol. The quantitative estimate of drug-likeness (QED) is 0.157. The third-order valence-electron chi connectivity index (χ3n) is 4.33. The minimum atomic E-state index is -1.22. The maximum Gasteiger partial charge on any atom is 0.306 e. The van der Waals surface area contributed by atoms with Crippen molar-refractivity contribution in [2.75, 3.05) is 27.7 Å². The van der Waals surface area contributed by atoms with E-state index in [1.54, 1.807) is 0 Å². The van der Waals surface area contributed by atoms with Gasteiger partial charge in [-0.05, 0) is 32.1 Å². The van der Waals surface area contributed by atoms with Crippen LogP contribution in [0.15, 0.2) is 24.3 Å². The highest BCUT2D eigenvalue weighted by Gasteiger charge is 2.22. The number of ether oxygens (including phenoxy) is 1. The summed E-state index contributed by atoms with van der Waals surface area (Å²) in [5.41, 5.74) is 0. The minimum Gasteiger partial charge on any atom is -0.550 e. The first-order valence-corrected chi connectivity index (χ1v) is 10.8. The van der Waals surface area contributed by atoms with E-state index in [2.05, 4.69) is 12.2 Å². The van der Waals surface area contributed by atoms with Crippen molar-refractivity contribution in [1.82, 2.24) is 0 Å². The Kier molecular flexibility index (Phi) is 15.4. The number of hydrogen-bond donors (Lipinski definition) is 1. The summed E-state index contributed by atoms with van der Waals surface area (Å²) in [6.45, 7) is 0.419. The summed E-state index contributed by atoms with van der Waals surface area (Å²) >= 11 is 0. The summed E-state index contributed by atoms with van der Waals surface area (Å²) in [6, 6.07) is 0. The van der Waals surface area contributed by atoms with Crippen LogP contribution in [0.2, 0.25) is 0 Å². The molecule has 1 N–H and O–H groups in total. The lowest BCUT2D eigenvalue weighted by Crippen LogP contribution is -2.45. The van der Waals surface area contributed by atoms with Crippen LogP contribution in [0.3, 0.4) is 0 Å². The number of carboxylic acids is 2. The molecule has 0 rings (SSSR count). The number of carboxylic acid groups (broad SMARTS) is 2. The molecule has 1 unspecified atom stereocenters. The highest BCUT2D eigenvalue weighted by atomic mass is 16.5. The Balaban J connectivity index is 3.82.